The molecule has 0 aliphatic carbocycles. The lowest BCUT2D eigenvalue weighted by molar-refractivity contribution is -0.122. The molecule has 0 radical (unpaired) electrons. The second-order valence-electron chi connectivity index (χ2n) is 8.33. The van der Waals surface area contributed by atoms with E-state index >= 15 is 0 Å². The van der Waals surface area contributed by atoms with Gasteiger partial charge in [-0.3, -0.25) is 14.5 Å². The Morgan fingerprint density at radius 2 is 1.47 bits per heavy atom. The van der Waals surface area contributed by atoms with Gasteiger partial charge in [-0.25, -0.2) is 0 Å². The molecule has 188 valence electrons. The summed E-state index contributed by atoms with van der Waals surface area (Å²) in [5, 5.41) is 3.02. The molecule has 2 amide bonds. The molecule has 0 spiro atoms. The van der Waals surface area contributed by atoms with Crippen molar-refractivity contribution >= 4 is 17.5 Å². The minimum Gasteiger partial charge on any atom is -0.490 e. The molecule has 1 heterocycles. The molecule has 7 nitrogen and oxygen atoms in total. The van der Waals surface area contributed by atoms with Crippen molar-refractivity contribution in [3.05, 3.63) is 83.4 Å². The normalized spacial score (nSPS) is 14.2. The van der Waals surface area contributed by atoms with E-state index in [2.05, 4.69) is 5.32 Å². The van der Waals surface area contributed by atoms with Crippen molar-refractivity contribution in [2.24, 2.45) is 0 Å². The van der Waals surface area contributed by atoms with Gasteiger partial charge in [0.25, 0.3) is 5.91 Å². The number of fused-ring (bicyclic) bond motifs is 1. The highest BCUT2D eigenvalue weighted by atomic mass is 16.5. The minimum absolute atomic E-state index is 0.195. The monoisotopic (exact) mass is 488 g/mol. The number of nitrogens with one attached hydrogen (secondary N) is 1. The van der Waals surface area contributed by atoms with Crippen LogP contribution in [0, 0.1) is 0 Å². The van der Waals surface area contributed by atoms with E-state index in [9.17, 15) is 9.59 Å². The van der Waals surface area contributed by atoms with Gasteiger partial charge in [-0.2, -0.15) is 0 Å². The number of hydrogen-bond acceptors (Lipinski definition) is 5. The molecular weight excluding hydrogens is 456 g/mol. The van der Waals surface area contributed by atoms with Crippen molar-refractivity contribution in [1.29, 1.82) is 0 Å². The first-order chi connectivity index (χ1) is 17.6. The topological polar surface area (TPSA) is 77.1 Å². The smallest absolute Gasteiger partial charge is 0.259 e. The Hall–Kier alpha value is -4.00. The molecule has 3 aromatic carbocycles. The van der Waals surface area contributed by atoms with Crippen LogP contribution in [0.5, 0.6) is 17.2 Å². The van der Waals surface area contributed by atoms with E-state index in [-0.39, 0.29) is 18.4 Å². The maximum absolute atomic E-state index is 13.4. The van der Waals surface area contributed by atoms with Gasteiger partial charge in [0.05, 0.1) is 19.8 Å². The molecule has 0 aromatic heterocycles. The van der Waals surface area contributed by atoms with Crippen molar-refractivity contribution in [1.82, 2.24) is 5.32 Å². The number of benzene rings is 3. The van der Waals surface area contributed by atoms with Crippen LogP contribution in [0.2, 0.25) is 0 Å². The van der Waals surface area contributed by atoms with Gasteiger partial charge in [-0.05, 0) is 62.2 Å². The van der Waals surface area contributed by atoms with E-state index < -0.39 is 6.04 Å². The molecule has 7 heteroatoms. The number of anilines is 1. The zero-order valence-corrected chi connectivity index (χ0v) is 21.0. The minimum atomic E-state index is -0.643. The second kappa shape index (κ2) is 11.6. The quantitative estimate of drug-likeness (QED) is 0.445. The molecule has 0 fully saturated rings. The Morgan fingerprint density at radius 3 is 2.11 bits per heavy atom. The van der Waals surface area contributed by atoms with Gasteiger partial charge in [0.1, 0.15) is 6.04 Å². The van der Waals surface area contributed by atoms with Crippen molar-refractivity contribution in [3.63, 3.8) is 0 Å². The predicted octanol–water partition coefficient (Wildman–Crippen LogP) is 4.77. The number of para-hydroxylation sites is 1. The van der Waals surface area contributed by atoms with Gasteiger partial charge >= 0.3 is 0 Å². The highest BCUT2D eigenvalue weighted by molar-refractivity contribution is 6.11. The van der Waals surface area contributed by atoms with E-state index in [0.717, 1.165) is 16.8 Å². The van der Waals surface area contributed by atoms with Gasteiger partial charge in [-0.15, -0.1) is 0 Å². The SMILES string of the molecule is CCOc1cc(CNC(=O)[C@@H]2Cc3ccccc3N2C(=O)c2ccccc2)cc(OCC)c1OCC. The molecule has 1 aliphatic heterocycles. The van der Waals surface area contributed by atoms with Crippen LogP contribution in [-0.2, 0) is 17.8 Å². The Kier molecular flexibility index (Phi) is 8.10. The summed E-state index contributed by atoms with van der Waals surface area (Å²) in [6.07, 6.45) is 0.457. The largest absolute Gasteiger partial charge is 0.490 e. The summed E-state index contributed by atoms with van der Waals surface area (Å²) < 4.78 is 17.4. The summed E-state index contributed by atoms with van der Waals surface area (Å²) in [6.45, 7) is 7.38. The summed E-state index contributed by atoms with van der Waals surface area (Å²) in [7, 11) is 0. The zero-order chi connectivity index (χ0) is 25.5. The third-order valence-electron chi connectivity index (χ3n) is 5.95. The number of rotatable bonds is 10. The average molecular weight is 489 g/mol. The molecule has 0 saturated carbocycles. The highest BCUT2D eigenvalue weighted by Crippen LogP contribution is 2.39. The molecule has 0 saturated heterocycles. The van der Waals surface area contributed by atoms with E-state index in [1.165, 1.54) is 0 Å². The fourth-order valence-corrected chi connectivity index (χ4v) is 4.42. The Labute approximate surface area is 212 Å². The third-order valence-corrected chi connectivity index (χ3v) is 5.95. The molecular formula is C29H32N2O5. The summed E-state index contributed by atoms with van der Waals surface area (Å²) in [4.78, 5) is 28.5. The standard InChI is InChI=1S/C29H32N2O5/c1-4-34-25-16-20(17-26(35-5-2)27(25)36-6-3)19-30-28(32)24-18-22-14-10-11-15-23(22)31(24)29(33)21-12-8-7-9-13-21/h7-17,24H,4-6,18-19H2,1-3H3,(H,30,32)/t24-/m0/s1. The number of ether oxygens (including phenoxy) is 3. The third kappa shape index (κ3) is 5.30. The summed E-state index contributed by atoms with van der Waals surface area (Å²) in [5.74, 6) is 1.29. The fraction of sp³-hybridized carbons (Fsp3) is 0.310. The van der Waals surface area contributed by atoms with Crippen LogP contribution in [-0.4, -0.2) is 37.7 Å². The lowest BCUT2D eigenvalue weighted by atomic mass is 10.1. The van der Waals surface area contributed by atoms with Crippen molar-refractivity contribution in [3.8, 4) is 17.2 Å². The van der Waals surface area contributed by atoms with Gasteiger partial charge in [0.2, 0.25) is 11.7 Å². The molecule has 1 aliphatic rings. The van der Waals surface area contributed by atoms with Crippen LogP contribution in [0.15, 0.2) is 66.7 Å². The molecule has 1 N–H and O–H groups in total. The first-order valence-corrected chi connectivity index (χ1v) is 12.4. The lowest BCUT2D eigenvalue weighted by Crippen LogP contribution is -2.48. The lowest BCUT2D eigenvalue weighted by Gasteiger charge is -2.25. The first-order valence-electron chi connectivity index (χ1n) is 12.4. The molecule has 0 unspecified atom stereocenters. The zero-order valence-electron chi connectivity index (χ0n) is 21.0. The molecule has 4 rings (SSSR count). The van der Waals surface area contributed by atoms with Crippen molar-refractivity contribution in [2.75, 3.05) is 24.7 Å². The van der Waals surface area contributed by atoms with Gasteiger partial charge < -0.3 is 19.5 Å². The number of hydrogen-bond donors (Lipinski definition) is 1. The van der Waals surface area contributed by atoms with Crippen molar-refractivity contribution < 1.29 is 23.8 Å². The molecule has 1 atom stereocenters. The maximum atomic E-state index is 13.4. The predicted molar refractivity (Wildman–Crippen MR) is 139 cm³/mol. The maximum Gasteiger partial charge on any atom is 0.259 e. The summed E-state index contributed by atoms with van der Waals surface area (Å²) >= 11 is 0. The van der Waals surface area contributed by atoms with Crippen LogP contribution >= 0.6 is 0 Å². The summed E-state index contributed by atoms with van der Waals surface area (Å²) in [6, 6.07) is 19.8. The average Bonchev–Trinajstić information content (AvgIpc) is 3.29. The summed E-state index contributed by atoms with van der Waals surface area (Å²) in [5.41, 5.74) is 3.10. The van der Waals surface area contributed by atoms with E-state index in [1.54, 1.807) is 17.0 Å². The number of amides is 2. The Balaban J connectivity index is 1.57. The molecule has 3 aromatic rings. The van der Waals surface area contributed by atoms with Crippen LogP contribution in [0.3, 0.4) is 0 Å². The highest BCUT2D eigenvalue weighted by Gasteiger charge is 2.38. The number of carbonyl (C=O) groups is 2. The van der Waals surface area contributed by atoms with Crippen LogP contribution in [0.25, 0.3) is 0 Å². The Morgan fingerprint density at radius 1 is 0.861 bits per heavy atom. The van der Waals surface area contributed by atoms with Gasteiger partial charge in [0, 0.05) is 24.2 Å². The van der Waals surface area contributed by atoms with Crippen molar-refractivity contribution in [2.45, 2.75) is 39.8 Å². The second-order valence-corrected chi connectivity index (χ2v) is 8.33. The van der Waals surface area contributed by atoms with Gasteiger partial charge in [0.15, 0.2) is 11.5 Å². The fourth-order valence-electron chi connectivity index (χ4n) is 4.42. The number of carbonyl (C=O) groups excluding carboxylic acids is 2. The van der Waals surface area contributed by atoms with E-state index in [0.29, 0.717) is 49.1 Å². The van der Waals surface area contributed by atoms with Crippen LogP contribution < -0.4 is 24.4 Å². The van der Waals surface area contributed by atoms with Crippen LogP contribution in [0.4, 0.5) is 5.69 Å². The Bertz CT molecular complexity index is 1180. The molecule has 0 bridgehead atoms. The van der Waals surface area contributed by atoms with Gasteiger partial charge in [-0.1, -0.05) is 36.4 Å². The van der Waals surface area contributed by atoms with E-state index in [4.69, 9.17) is 14.2 Å². The first kappa shape index (κ1) is 25.1. The van der Waals surface area contributed by atoms with Crippen LogP contribution in [0.1, 0.15) is 42.3 Å². The van der Waals surface area contributed by atoms with E-state index in [1.807, 2.05) is 75.4 Å². The molecule has 36 heavy (non-hydrogen) atoms. The number of nitrogens with zero attached hydrogens (tertiary/aromatic N) is 1.